The molecule has 1 aromatic heterocycles. The Kier molecular flexibility index (Phi) is 3.68. The minimum Gasteiger partial charge on any atom is -0.343 e. The van der Waals surface area contributed by atoms with E-state index < -0.39 is 0 Å². The number of rotatable bonds is 3. The molecule has 0 atom stereocenters. The monoisotopic (exact) mass is 284 g/mol. The zero-order valence-corrected chi connectivity index (χ0v) is 11.5. The number of nitrogens with one attached hydrogen (secondary N) is 1. The van der Waals surface area contributed by atoms with Gasteiger partial charge >= 0.3 is 0 Å². The zero-order chi connectivity index (χ0) is 14.7. The van der Waals surface area contributed by atoms with E-state index in [1.54, 1.807) is 35.4 Å². The molecular formula is C15H16N4O2. The average molecular weight is 284 g/mol. The van der Waals surface area contributed by atoms with Gasteiger partial charge in [0.15, 0.2) is 0 Å². The molecule has 1 aromatic carbocycles. The topological polar surface area (TPSA) is 67.2 Å². The van der Waals surface area contributed by atoms with Gasteiger partial charge in [0.05, 0.1) is 13.1 Å². The summed E-state index contributed by atoms with van der Waals surface area (Å²) in [6, 6.07) is 8.87. The van der Waals surface area contributed by atoms with Crippen LogP contribution in [0.2, 0.25) is 0 Å². The number of carbonyl (C=O) groups excluding carboxylic acids is 2. The molecular weight excluding hydrogens is 268 g/mol. The zero-order valence-electron chi connectivity index (χ0n) is 11.5. The first-order chi connectivity index (χ1) is 10.2. The van der Waals surface area contributed by atoms with E-state index in [0.717, 1.165) is 12.4 Å². The molecule has 0 bridgehead atoms. The lowest BCUT2D eigenvalue weighted by Crippen LogP contribution is -2.43. The van der Waals surface area contributed by atoms with E-state index >= 15 is 0 Å². The summed E-state index contributed by atoms with van der Waals surface area (Å²) in [7, 11) is 0. The molecule has 3 rings (SSSR count). The van der Waals surface area contributed by atoms with Gasteiger partial charge in [0.25, 0.3) is 5.91 Å². The van der Waals surface area contributed by atoms with Crippen molar-refractivity contribution >= 4 is 11.8 Å². The van der Waals surface area contributed by atoms with Gasteiger partial charge in [-0.05, 0) is 12.1 Å². The molecule has 2 heterocycles. The first-order valence-electron chi connectivity index (χ1n) is 6.85. The van der Waals surface area contributed by atoms with Crippen LogP contribution in [0, 0.1) is 0 Å². The van der Waals surface area contributed by atoms with Crippen molar-refractivity contribution in [2.75, 3.05) is 13.1 Å². The first kappa shape index (κ1) is 13.4. The van der Waals surface area contributed by atoms with Gasteiger partial charge in [-0.25, -0.2) is 4.98 Å². The third-order valence-corrected chi connectivity index (χ3v) is 3.53. The molecule has 0 spiro atoms. The summed E-state index contributed by atoms with van der Waals surface area (Å²) >= 11 is 0. The summed E-state index contributed by atoms with van der Waals surface area (Å²) in [4.78, 5) is 30.0. The van der Waals surface area contributed by atoms with E-state index in [0.29, 0.717) is 18.7 Å². The molecule has 0 radical (unpaired) electrons. The number of hydrogen-bond acceptors (Lipinski definition) is 3. The Labute approximate surface area is 122 Å². The highest BCUT2D eigenvalue weighted by Crippen LogP contribution is 2.09. The molecule has 0 fully saturated rings. The smallest absolute Gasteiger partial charge is 0.251 e. The first-order valence-corrected chi connectivity index (χ1v) is 6.85. The van der Waals surface area contributed by atoms with Crippen molar-refractivity contribution in [3.8, 4) is 0 Å². The minimum atomic E-state index is -0.234. The van der Waals surface area contributed by atoms with Crippen molar-refractivity contribution in [1.82, 2.24) is 19.8 Å². The quantitative estimate of drug-likeness (QED) is 0.900. The molecule has 0 saturated heterocycles. The van der Waals surface area contributed by atoms with Crippen molar-refractivity contribution < 1.29 is 9.59 Å². The lowest BCUT2D eigenvalue weighted by molar-refractivity contribution is -0.131. The number of hydrogen-bond donors (Lipinski definition) is 1. The molecule has 0 aliphatic carbocycles. The molecule has 1 aliphatic heterocycles. The number of aromatic nitrogens is 2. The number of benzene rings is 1. The fourth-order valence-electron chi connectivity index (χ4n) is 2.35. The Morgan fingerprint density at radius 2 is 2.00 bits per heavy atom. The Hall–Kier alpha value is -2.63. The van der Waals surface area contributed by atoms with Crippen molar-refractivity contribution in [3.63, 3.8) is 0 Å². The molecule has 2 aromatic rings. The van der Waals surface area contributed by atoms with E-state index in [9.17, 15) is 9.59 Å². The van der Waals surface area contributed by atoms with E-state index in [2.05, 4.69) is 10.3 Å². The van der Waals surface area contributed by atoms with Crippen LogP contribution in [0.25, 0.3) is 0 Å². The molecule has 6 nitrogen and oxygen atoms in total. The van der Waals surface area contributed by atoms with Crippen molar-refractivity contribution in [2.24, 2.45) is 0 Å². The standard InChI is InChI=1S/C15H16N4O2/c20-14(10-17-15(21)12-4-2-1-3-5-12)19-9-8-18-7-6-16-13(18)11-19/h1-7H,8-11H2,(H,17,21). The molecule has 1 N–H and O–H groups in total. The Balaban J connectivity index is 1.54. The number of nitrogens with zero attached hydrogens (tertiary/aromatic N) is 3. The molecule has 21 heavy (non-hydrogen) atoms. The van der Waals surface area contributed by atoms with Gasteiger partial charge in [0, 0.05) is 31.0 Å². The second-order valence-corrected chi connectivity index (χ2v) is 4.90. The van der Waals surface area contributed by atoms with Gasteiger partial charge in [-0.15, -0.1) is 0 Å². The van der Waals surface area contributed by atoms with Crippen LogP contribution in [0.5, 0.6) is 0 Å². The summed E-state index contributed by atoms with van der Waals surface area (Å²) in [5, 5.41) is 2.66. The maximum Gasteiger partial charge on any atom is 0.251 e. The Bertz CT molecular complexity index is 651. The van der Waals surface area contributed by atoms with Crippen molar-refractivity contribution in [2.45, 2.75) is 13.1 Å². The summed E-state index contributed by atoms with van der Waals surface area (Å²) in [6.07, 6.45) is 3.65. The Morgan fingerprint density at radius 1 is 1.19 bits per heavy atom. The lowest BCUT2D eigenvalue weighted by Gasteiger charge is -2.27. The average Bonchev–Trinajstić information content (AvgIpc) is 3.00. The number of fused-ring (bicyclic) bond motifs is 1. The molecule has 1 aliphatic rings. The van der Waals surface area contributed by atoms with Gasteiger partial charge in [0.1, 0.15) is 5.82 Å². The highest BCUT2D eigenvalue weighted by Gasteiger charge is 2.21. The van der Waals surface area contributed by atoms with Crippen LogP contribution in [0.4, 0.5) is 0 Å². The molecule has 2 amide bonds. The van der Waals surface area contributed by atoms with E-state index in [-0.39, 0.29) is 18.4 Å². The van der Waals surface area contributed by atoms with Crippen LogP contribution in [0.1, 0.15) is 16.2 Å². The van der Waals surface area contributed by atoms with Gasteiger partial charge in [-0.3, -0.25) is 9.59 Å². The largest absolute Gasteiger partial charge is 0.343 e. The fourth-order valence-corrected chi connectivity index (χ4v) is 2.35. The van der Waals surface area contributed by atoms with Gasteiger partial charge in [0.2, 0.25) is 5.91 Å². The summed E-state index contributed by atoms with van der Waals surface area (Å²) in [6.45, 7) is 1.89. The van der Waals surface area contributed by atoms with E-state index in [1.807, 2.05) is 16.8 Å². The maximum atomic E-state index is 12.1. The van der Waals surface area contributed by atoms with Crippen LogP contribution in [0.15, 0.2) is 42.7 Å². The maximum absolute atomic E-state index is 12.1. The highest BCUT2D eigenvalue weighted by atomic mass is 16.2. The summed E-state index contributed by atoms with van der Waals surface area (Å²) in [5.74, 6) is 0.556. The second-order valence-electron chi connectivity index (χ2n) is 4.90. The second kappa shape index (κ2) is 5.78. The van der Waals surface area contributed by atoms with Gasteiger partial charge in [-0.2, -0.15) is 0 Å². The number of amides is 2. The highest BCUT2D eigenvalue weighted by molar-refractivity contribution is 5.96. The van der Waals surface area contributed by atoms with E-state index in [1.165, 1.54) is 0 Å². The van der Waals surface area contributed by atoms with Crippen LogP contribution >= 0.6 is 0 Å². The van der Waals surface area contributed by atoms with Crippen LogP contribution < -0.4 is 5.32 Å². The van der Waals surface area contributed by atoms with Gasteiger partial charge in [-0.1, -0.05) is 18.2 Å². The summed E-state index contributed by atoms with van der Waals surface area (Å²) < 4.78 is 2.03. The number of imidazole rings is 1. The normalized spacial score (nSPS) is 13.6. The lowest BCUT2D eigenvalue weighted by atomic mass is 10.2. The SMILES string of the molecule is O=C(NCC(=O)N1CCn2ccnc2C1)c1ccccc1. The van der Waals surface area contributed by atoms with E-state index in [4.69, 9.17) is 0 Å². The van der Waals surface area contributed by atoms with Crippen LogP contribution in [-0.4, -0.2) is 39.4 Å². The Morgan fingerprint density at radius 3 is 2.81 bits per heavy atom. The third kappa shape index (κ3) is 2.94. The third-order valence-electron chi connectivity index (χ3n) is 3.53. The predicted octanol–water partition coefficient (Wildman–Crippen LogP) is 0.655. The number of carbonyl (C=O) groups is 2. The van der Waals surface area contributed by atoms with Crippen LogP contribution in [-0.2, 0) is 17.9 Å². The van der Waals surface area contributed by atoms with Gasteiger partial charge < -0.3 is 14.8 Å². The predicted molar refractivity (Wildman–Crippen MR) is 76.4 cm³/mol. The molecule has 0 unspecified atom stereocenters. The van der Waals surface area contributed by atoms with Crippen molar-refractivity contribution in [1.29, 1.82) is 0 Å². The molecule has 0 saturated carbocycles. The van der Waals surface area contributed by atoms with Crippen LogP contribution in [0.3, 0.4) is 0 Å². The fraction of sp³-hybridized carbons (Fsp3) is 0.267. The minimum absolute atomic E-state index is 0.00837. The van der Waals surface area contributed by atoms with Crippen molar-refractivity contribution in [3.05, 3.63) is 54.1 Å². The summed E-state index contributed by atoms with van der Waals surface area (Å²) in [5.41, 5.74) is 0.555. The molecule has 6 heteroatoms. The molecule has 108 valence electrons.